The van der Waals surface area contributed by atoms with Crippen molar-refractivity contribution in [3.8, 4) is 0 Å². The molecule has 3 atom stereocenters. The second kappa shape index (κ2) is 4.15. The van der Waals surface area contributed by atoms with Gasteiger partial charge in [0.2, 0.25) is 0 Å². The van der Waals surface area contributed by atoms with E-state index in [9.17, 15) is 0 Å². The first-order valence-corrected chi connectivity index (χ1v) is 6.15. The molecule has 1 heterocycles. The molecule has 1 aliphatic carbocycles. The van der Waals surface area contributed by atoms with E-state index in [1.165, 1.54) is 32.2 Å². The molecule has 0 spiro atoms. The summed E-state index contributed by atoms with van der Waals surface area (Å²) in [5, 5.41) is 0. The number of nitrogens with zero attached hydrogens (tertiary/aromatic N) is 1. The zero-order chi connectivity index (χ0) is 10.1. The fraction of sp³-hybridized carbons (Fsp3) is 0.909. The Morgan fingerprint density at radius 3 is 2.79 bits per heavy atom. The SMILES string of the molecule is CCC(CC(N)=S)N1CC2CCC1C2. The molecule has 2 nitrogen and oxygen atoms in total. The Labute approximate surface area is 91.8 Å². The molecule has 1 aliphatic heterocycles. The monoisotopic (exact) mass is 212 g/mol. The standard InChI is InChI=1S/C11H20N2S/c1-2-9(6-11(12)14)13-7-8-3-4-10(13)5-8/h8-10H,2-7H2,1H3,(H2,12,14). The summed E-state index contributed by atoms with van der Waals surface area (Å²) in [5.74, 6) is 0.973. The van der Waals surface area contributed by atoms with Crippen molar-refractivity contribution in [3.05, 3.63) is 0 Å². The highest BCUT2D eigenvalue weighted by molar-refractivity contribution is 7.80. The Morgan fingerprint density at radius 1 is 1.57 bits per heavy atom. The molecule has 0 radical (unpaired) electrons. The van der Waals surface area contributed by atoms with Gasteiger partial charge in [-0.25, -0.2) is 0 Å². The summed E-state index contributed by atoms with van der Waals surface area (Å²) in [6.07, 6.45) is 6.37. The molecule has 2 fully saturated rings. The molecule has 3 unspecified atom stereocenters. The lowest BCUT2D eigenvalue weighted by atomic mass is 10.0. The summed E-state index contributed by atoms with van der Waals surface area (Å²) < 4.78 is 0. The van der Waals surface area contributed by atoms with Crippen LogP contribution in [-0.4, -0.2) is 28.5 Å². The Kier molecular flexibility index (Phi) is 3.07. The topological polar surface area (TPSA) is 29.3 Å². The van der Waals surface area contributed by atoms with Crippen molar-refractivity contribution < 1.29 is 0 Å². The van der Waals surface area contributed by atoms with E-state index in [1.807, 2.05) is 0 Å². The third-order valence-corrected chi connectivity index (χ3v) is 4.00. The first-order chi connectivity index (χ1) is 6.70. The molecule has 1 saturated carbocycles. The van der Waals surface area contributed by atoms with Gasteiger partial charge in [0, 0.05) is 25.0 Å². The van der Waals surface area contributed by atoms with Gasteiger partial charge in [-0.1, -0.05) is 19.1 Å². The van der Waals surface area contributed by atoms with Crippen LogP contribution >= 0.6 is 12.2 Å². The van der Waals surface area contributed by atoms with Gasteiger partial charge in [0.05, 0.1) is 4.99 Å². The maximum Gasteiger partial charge on any atom is 0.0743 e. The van der Waals surface area contributed by atoms with Crippen LogP contribution in [0.5, 0.6) is 0 Å². The van der Waals surface area contributed by atoms with Gasteiger partial charge in [-0.05, 0) is 31.6 Å². The smallest absolute Gasteiger partial charge is 0.0743 e. The second-order valence-corrected chi connectivity index (χ2v) is 5.29. The lowest BCUT2D eigenvalue weighted by molar-refractivity contribution is 0.148. The van der Waals surface area contributed by atoms with Crippen LogP contribution in [-0.2, 0) is 0 Å². The summed E-state index contributed by atoms with van der Waals surface area (Å²) in [6, 6.07) is 1.46. The normalized spacial score (nSPS) is 33.5. The molecule has 2 rings (SSSR count). The first kappa shape index (κ1) is 10.4. The van der Waals surface area contributed by atoms with Gasteiger partial charge in [-0.2, -0.15) is 0 Å². The van der Waals surface area contributed by atoms with E-state index in [2.05, 4.69) is 11.8 Å². The number of fused-ring (bicyclic) bond motifs is 2. The minimum absolute atomic E-state index is 0.614. The predicted octanol–water partition coefficient (Wildman–Crippen LogP) is 1.93. The Morgan fingerprint density at radius 2 is 2.36 bits per heavy atom. The van der Waals surface area contributed by atoms with E-state index in [0.29, 0.717) is 11.0 Å². The van der Waals surface area contributed by atoms with Gasteiger partial charge in [0.25, 0.3) is 0 Å². The van der Waals surface area contributed by atoms with Gasteiger partial charge in [-0.15, -0.1) is 0 Å². The summed E-state index contributed by atoms with van der Waals surface area (Å²) in [6.45, 7) is 3.54. The number of piperidine rings is 1. The molecule has 2 aliphatic rings. The lowest BCUT2D eigenvalue weighted by Crippen LogP contribution is -2.42. The summed E-state index contributed by atoms with van der Waals surface area (Å²) in [7, 11) is 0. The third-order valence-electron chi connectivity index (χ3n) is 3.83. The zero-order valence-corrected chi connectivity index (χ0v) is 9.72. The zero-order valence-electron chi connectivity index (χ0n) is 8.91. The van der Waals surface area contributed by atoms with Crippen LogP contribution in [0.3, 0.4) is 0 Å². The van der Waals surface area contributed by atoms with Crippen LogP contribution in [0.1, 0.15) is 39.0 Å². The van der Waals surface area contributed by atoms with Crippen LogP contribution in [0.4, 0.5) is 0 Å². The molecule has 2 bridgehead atoms. The van der Waals surface area contributed by atoms with Crippen LogP contribution in [0.15, 0.2) is 0 Å². The van der Waals surface area contributed by atoms with E-state index in [-0.39, 0.29) is 0 Å². The predicted molar refractivity (Wildman–Crippen MR) is 63.3 cm³/mol. The van der Waals surface area contributed by atoms with Crippen LogP contribution in [0.2, 0.25) is 0 Å². The second-order valence-electron chi connectivity index (χ2n) is 4.76. The first-order valence-electron chi connectivity index (χ1n) is 5.74. The maximum atomic E-state index is 5.64. The van der Waals surface area contributed by atoms with Gasteiger partial charge >= 0.3 is 0 Å². The quantitative estimate of drug-likeness (QED) is 0.722. The van der Waals surface area contributed by atoms with E-state index >= 15 is 0 Å². The third kappa shape index (κ3) is 1.94. The minimum Gasteiger partial charge on any atom is -0.393 e. The number of likely N-dealkylation sites (tertiary alicyclic amines) is 1. The maximum absolute atomic E-state index is 5.64. The summed E-state index contributed by atoms with van der Waals surface area (Å²) in [4.78, 5) is 3.34. The van der Waals surface area contributed by atoms with Gasteiger partial charge < -0.3 is 5.73 Å². The number of nitrogens with two attached hydrogens (primary N) is 1. The van der Waals surface area contributed by atoms with Crippen molar-refractivity contribution in [2.45, 2.75) is 51.1 Å². The van der Waals surface area contributed by atoms with Gasteiger partial charge in [-0.3, -0.25) is 4.90 Å². The van der Waals surface area contributed by atoms with Crippen molar-refractivity contribution >= 4 is 17.2 Å². The molecule has 2 N–H and O–H groups in total. The minimum atomic E-state index is 0.614. The molecule has 0 aromatic carbocycles. The molecule has 80 valence electrons. The van der Waals surface area contributed by atoms with E-state index in [1.54, 1.807) is 0 Å². The molecule has 0 amide bonds. The Balaban J connectivity index is 1.95. The van der Waals surface area contributed by atoms with Crippen LogP contribution in [0.25, 0.3) is 0 Å². The van der Waals surface area contributed by atoms with Crippen molar-refractivity contribution in [1.29, 1.82) is 0 Å². The fourth-order valence-corrected chi connectivity index (χ4v) is 3.33. The van der Waals surface area contributed by atoms with Crippen molar-refractivity contribution in [1.82, 2.24) is 4.90 Å². The summed E-state index contributed by atoms with van der Waals surface area (Å²) >= 11 is 5.01. The molecule has 0 aromatic rings. The summed E-state index contributed by atoms with van der Waals surface area (Å²) in [5.41, 5.74) is 5.64. The van der Waals surface area contributed by atoms with Crippen molar-refractivity contribution in [3.63, 3.8) is 0 Å². The molecular formula is C11H20N2S. The molecular weight excluding hydrogens is 192 g/mol. The number of rotatable bonds is 4. The van der Waals surface area contributed by atoms with Gasteiger partial charge in [0.15, 0.2) is 0 Å². The average Bonchev–Trinajstić information content (AvgIpc) is 2.74. The van der Waals surface area contributed by atoms with E-state index < -0.39 is 0 Å². The number of hydrogen-bond acceptors (Lipinski definition) is 2. The van der Waals surface area contributed by atoms with E-state index in [0.717, 1.165) is 18.4 Å². The highest BCUT2D eigenvalue weighted by Crippen LogP contribution is 2.39. The average molecular weight is 212 g/mol. The van der Waals surface area contributed by atoms with Crippen molar-refractivity contribution in [2.75, 3.05) is 6.54 Å². The molecule has 14 heavy (non-hydrogen) atoms. The molecule has 1 saturated heterocycles. The molecule has 0 aromatic heterocycles. The number of thiocarbonyl (C=S) groups is 1. The van der Waals surface area contributed by atoms with E-state index in [4.69, 9.17) is 18.0 Å². The fourth-order valence-electron chi connectivity index (χ4n) is 3.14. The Bertz CT molecular complexity index is 229. The van der Waals surface area contributed by atoms with Crippen LogP contribution < -0.4 is 5.73 Å². The lowest BCUT2D eigenvalue weighted by Gasteiger charge is -2.34. The van der Waals surface area contributed by atoms with Gasteiger partial charge in [0.1, 0.15) is 0 Å². The van der Waals surface area contributed by atoms with Crippen molar-refractivity contribution in [2.24, 2.45) is 11.7 Å². The highest BCUT2D eigenvalue weighted by atomic mass is 32.1. The van der Waals surface area contributed by atoms with Crippen LogP contribution in [0, 0.1) is 5.92 Å². The Hall–Kier alpha value is -0.150. The number of hydrogen-bond donors (Lipinski definition) is 1. The largest absolute Gasteiger partial charge is 0.393 e. The molecule has 3 heteroatoms. The highest BCUT2D eigenvalue weighted by Gasteiger charge is 2.40.